The molecule has 3 heteroatoms. The van der Waals surface area contributed by atoms with Crippen LogP contribution < -0.4 is 5.73 Å². The molecule has 0 amide bonds. The summed E-state index contributed by atoms with van der Waals surface area (Å²) in [5.74, 6) is 0.775. The molecule has 2 rings (SSSR count). The van der Waals surface area contributed by atoms with Gasteiger partial charge < -0.3 is 5.73 Å². The predicted molar refractivity (Wildman–Crippen MR) is 77.7 cm³/mol. The average Bonchev–Trinajstić information content (AvgIpc) is 2.61. The number of nitrogens with two attached hydrogens (primary N) is 1. The third-order valence-corrected chi connectivity index (χ3v) is 5.48. The van der Waals surface area contributed by atoms with E-state index in [0.717, 1.165) is 24.5 Å². The highest BCUT2D eigenvalue weighted by molar-refractivity contribution is 4.93. The van der Waals surface area contributed by atoms with Crippen molar-refractivity contribution in [3.8, 4) is 0 Å². The third kappa shape index (κ3) is 2.73. The molecule has 18 heavy (non-hydrogen) atoms. The van der Waals surface area contributed by atoms with Crippen LogP contribution in [0.4, 0.5) is 0 Å². The smallest absolute Gasteiger partial charge is 0.0247 e. The van der Waals surface area contributed by atoms with Gasteiger partial charge in [0.1, 0.15) is 0 Å². The molecule has 0 saturated carbocycles. The minimum atomic E-state index is 0.604. The van der Waals surface area contributed by atoms with E-state index in [0.29, 0.717) is 6.04 Å². The fourth-order valence-corrected chi connectivity index (χ4v) is 4.11. The second-order valence-corrected chi connectivity index (χ2v) is 6.21. The van der Waals surface area contributed by atoms with Gasteiger partial charge in [0.2, 0.25) is 0 Å². The largest absolute Gasteiger partial charge is 0.329 e. The number of rotatable bonds is 5. The highest BCUT2D eigenvalue weighted by Gasteiger charge is 2.37. The molecule has 3 unspecified atom stereocenters. The van der Waals surface area contributed by atoms with Crippen molar-refractivity contribution in [2.24, 2.45) is 11.7 Å². The standard InChI is InChI=1S/C15H31N3/c1-4-12(5-2)15(10-16)18-9-8-13-6-7-14(11-18)17(13)3/h12-15H,4-11,16H2,1-3H3. The molecule has 0 aromatic heterocycles. The lowest BCUT2D eigenvalue weighted by Gasteiger charge is -2.37. The van der Waals surface area contributed by atoms with Gasteiger partial charge in [-0.2, -0.15) is 0 Å². The van der Waals surface area contributed by atoms with Crippen molar-refractivity contribution in [3.05, 3.63) is 0 Å². The second-order valence-electron chi connectivity index (χ2n) is 6.21. The minimum Gasteiger partial charge on any atom is -0.329 e. The van der Waals surface area contributed by atoms with E-state index in [2.05, 4.69) is 30.7 Å². The van der Waals surface area contributed by atoms with Crippen LogP contribution >= 0.6 is 0 Å². The monoisotopic (exact) mass is 253 g/mol. The van der Waals surface area contributed by atoms with Gasteiger partial charge in [0.05, 0.1) is 0 Å². The Bertz CT molecular complexity index is 252. The Labute approximate surface area is 113 Å². The second kappa shape index (κ2) is 6.36. The first-order valence-electron chi connectivity index (χ1n) is 7.87. The Kier molecular flexibility index (Phi) is 5.05. The fraction of sp³-hybridized carbons (Fsp3) is 1.00. The van der Waals surface area contributed by atoms with E-state index in [9.17, 15) is 0 Å². The first kappa shape index (κ1) is 14.3. The van der Waals surface area contributed by atoms with E-state index in [1.54, 1.807) is 0 Å². The molecule has 2 saturated heterocycles. The Morgan fingerprint density at radius 1 is 1.11 bits per heavy atom. The zero-order chi connectivity index (χ0) is 13.1. The molecule has 2 bridgehead atoms. The summed E-state index contributed by atoms with van der Waals surface area (Å²) in [5.41, 5.74) is 6.08. The molecular weight excluding hydrogens is 222 g/mol. The van der Waals surface area contributed by atoms with Crippen LogP contribution in [0.3, 0.4) is 0 Å². The van der Waals surface area contributed by atoms with Gasteiger partial charge in [0.25, 0.3) is 0 Å². The summed E-state index contributed by atoms with van der Waals surface area (Å²) < 4.78 is 0. The Balaban J connectivity index is 2.03. The maximum absolute atomic E-state index is 6.08. The normalized spacial score (nSPS) is 31.8. The number of likely N-dealkylation sites (tertiary alicyclic amines) is 1. The summed E-state index contributed by atoms with van der Waals surface area (Å²) in [7, 11) is 2.32. The van der Waals surface area contributed by atoms with Gasteiger partial charge in [0, 0.05) is 37.8 Å². The highest BCUT2D eigenvalue weighted by Crippen LogP contribution is 2.30. The molecule has 106 valence electrons. The molecule has 3 atom stereocenters. The Hall–Kier alpha value is -0.120. The van der Waals surface area contributed by atoms with E-state index >= 15 is 0 Å². The van der Waals surface area contributed by atoms with Crippen molar-refractivity contribution in [1.82, 2.24) is 9.80 Å². The maximum atomic E-state index is 6.08. The van der Waals surface area contributed by atoms with Crippen LogP contribution in [0.25, 0.3) is 0 Å². The van der Waals surface area contributed by atoms with Gasteiger partial charge in [-0.05, 0) is 32.2 Å². The number of hydrogen-bond donors (Lipinski definition) is 1. The Morgan fingerprint density at radius 3 is 2.39 bits per heavy atom. The van der Waals surface area contributed by atoms with Crippen LogP contribution in [0.2, 0.25) is 0 Å². The van der Waals surface area contributed by atoms with Crippen molar-refractivity contribution >= 4 is 0 Å². The van der Waals surface area contributed by atoms with Crippen LogP contribution in [0.1, 0.15) is 46.0 Å². The quantitative estimate of drug-likeness (QED) is 0.812. The van der Waals surface area contributed by atoms with E-state index in [4.69, 9.17) is 5.73 Å². The summed E-state index contributed by atoms with van der Waals surface area (Å²) >= 11 is 0. The summed E-state index contributed by atoms with van der Waals surface area (Å²) in [6, 6.07) is 2.22. The van der Waals surface area contributed by atoms with Crippen LogP contribution in [0, 0.1) is 5.92 Å². The number of hydrogen-bond acceptors (Lipinski definition) is 3. The van der Waals surface area contributed by atoms with Crippen molar-refractivity contribution in [2.45, 2.75) is 64.1 Å². The van der Waals surface area contributed by atoms with Gasteiger partial charge in [-0.15, -0.1) is 0 Å². The first-order chi connectivity index (χ1) is 8.71. The predicted octanol–water partition coefficient (Wildman–Crippen LogP) is 1.92. The molecule has 3 nitrogen and oxygen atoms in total. The summed E-state index contributed by atoms with van der Waals surface area (Å²) in [4.78, 5) is 5.33. The third-order valence-electron chi connectivity index (χ3n) is 5.48. The van der Waals surface area contributed by atoms with E-state index in [-0.39, 0.29) is 0 Å². The maximum Gasteiger partial charge on any atom is 0.0247 e. The minimum absolute atomic E-state index is 0.604. The summed E-state index contributed by atoms with van der Waals surface area (Å²) in [5, 5.41) is 0. The SMILES string of the molecule is CCC(CC)C(CN)N1CCC2CCC(C1)N2C. The summed E-state index contributed by atoms with van der Waals surface area (Å²) in [6.07, 6.45) is 6.66. The molecule has 0 radical (unpaired) electrons. The van der Waals surface area contributed by atoms with Crippen molar-refractivity contribution < 1.29 is 0 Å². The molecule has 2 N–H and O–H groups in total. The fourth-order valence-electron chi connectivity index (χ4n) is 4.11. The molecule has 0 aromatic carbocycles. The van der Waals surface area contributed by atoms with Gasteiger partial charge in [-0.3, -0.25) is 9.80 Å². The van der Waals surface area contributed by atoms with Gasteiger partial charge in [-0.1, -0.05) is 26.7 Å². The van der Waals surface area contributed by atoms with E-state index in [1.807, 2.05) is 0 Å². The van der Waals surface area contributed by atoms with Crippen LogP contribution in [-0.4, -0.2) is 54.6 Å². The lowest BCUT2D eigenvalue weighted by Crippen LogP contribution is -2.49. The van der Waals surface area contributed by atoms with Crippen molar-refractivity contribution in [3.63, 3.8) is 0 Å². The highest BCUT2D eigenvalue weighted by atomic mass is 15.3. The summed E-state index contributed by atoms with van der Waals surface area (Å²) in [6.45, 7) is 7.95. The number of fused-ring (bicyclic) bond motifs is 2. The van der Waals surface area contributed by atoms with E-state index < -0.39 is 0 Å². The molecule has 2 fully saturated rings. The Morgan fingerprint density at radius 2 is 1.78 bits per heavy atom. The molecule has 0 spiro atoms. The zero-order valence-corrected chi connectivity index (χ0v) is 12.4. The molecule has 2 heterocycles. The number of nitrogens with zero attached hydrogens (tertiary/aromatic N) is 2. The molecular formula is C15H31N3. The van der Waals surface area contributed by atoms with E-state index in [1.165, 1.54) is 45.2 Å². The van der Waals surface area contributed by atoms with Crippen LogP contribution in [0.15, 0.2) is 0 Å². The van der Waals surface area contributed by atoms with Crippen LogP contribution in [-0.2, 0) is 0 Å². The molecule has 2 aliphatic heterocycles. The lowest BCUT2D eigenvalue weighted by atomic mass is 9.92. The topological polar surface area (TPSA) is 32.5 Å². The molecule has 0 aliphatic carbocycles. The van der Waals surface area contributed by atoms with Gasteiger partial charge in [-0.25, -0.2) is 0 Å². The molecule has 0 aromatic rings. The van der Waals surface area contributed by atoms with Gasteiger partial charge >= 0.3 is 0 Å². The lowest BCUT2D eigenvalue weighted by molar-refractivity contribution is 0.125. The van der Waals surface area contributed by atoms with Crippen LogP contribution in [0.5, 0.6) is 0 Å². The van der Waals surface area contributed by atoms with Crippen molar-refractivity contribution in [1.29, 1.82) is 0 Å². The number of likely N-dealkylation sites (N-methyl/N-ethyl adjacent to an activating group) is 1. The van der Waals surface area contributed by atoms with Crippen molar-refractivity contribution in [2.75, 3.05) is 26.7 Å². The first-order valence-corrected chi connectivity index (χ1v) is 7.87. The van der Waals surface area contributed by atoms with Gasteiger partial charge in [0.15, 0.2) is 0 Å². The zero-order valence-electron chi connectivity index (χ0n) is 12.4. The molecule has 2 aliphatic rings. The average molecular weight is 253 g/mol.